The highest BCUT2D eigenvalue weighted by Gasteiger charge is 2.33. The van der Waals surface area contributed by atoms with Gasteiger partial charge in [-0.15, -0.1) is 0 Å². The summed E-state index contributed by atoms with van der Waals surface area (Å²) in [7, 11) is 0. The van der Waals surface area contributed by atoms with Gasteiger partial charge in [0.1, 0.15) is 0 Å². The number of rotatable bonds is 4. The van der Waals surface area contributed by atoms with Crippen LogP contribution in [0.25, 0.3) is 11.1 Å². The predicted octanol–water partition coefficient (Wildman–Crippen LogP) is 8.32. The Morgan fingerprint density at radius 2 is 0.969 bits per heavy atom. The van der Waals surface area contributed by atoms with Crippen LogP contribution < -0.4 is 4.90 Å². The van der Waals surface area contributed by atoms with Crippen molar-refractivity contribution in [3.63, 3.8) is 0 Å². The second kappa shape index (κ2) is 7.86. The molecule has 1 nitrogen and oxygen atoms in total. The average molecular weight is 410 g/mol. The van der Waals surface area contributed by atoms with Crippen LogP contribution in [0.1, 0.15) is 22.6 Å². The Hall–Kier alpha value is -4.10. The summed E-state index contributed by atoms with van der Waals surface area (Å²) in [4.78, 5) is 2.39. The largest absolute Gasteiger partial charge is 0.310 e. The molecule has 0 fully saturated rings. The molecule has 0 amide bonds. The zero-order valence-corrected chi connectivity index (χ0v) is 17.7. The molecule has 0 saturated heterocycles. The lowest BCUT2D eigenvalue weighted by molar-refractivity contribution is 1.01. The molecular weight excluding hydrogens is 386 g/mol. The van der Waals surface area contributed by atoms with E-state index in [-0.39, 0.29) is 5.92 Å². The predicted molar refractivity (Wildman–Crippen MR) is 134 cm³/mol. The van der Waals surface area contributed by atoms with Gasteiger partial charge in [-0.05, 0) is 58.1 Å². The molecule has 32 heavy (non-hydrogen) atoms. The lowest BCUT2D eigenvalue weighted by Gasteiger charge is -2.29. The minimum Gasteiger partial charge on any atom is -0.310 e. The Morgan fingerprint density at radius 3 is 1.62 bits per heavy atom. The van der Waals surface area contributed by atoms with Crippen molar-refractivity contribution in [2.75, 3.05) is 4.90 Å². The highest BCUT2D eigenvalue weighted by atomic mass is 15.1. The van der Waals surface area contributed by atoms with Gasteiger partial charge in [0.05, 0.1) is 5.69 Å². The molecule has 1 atom stereocenters. The molecule has 5 aromatic rings. The van der Waals surface area contributed by atoms with Crippen LogP contribution in [0.2, 0.25) is 0 Å². The van der Waals surface area contributed by atoms with E-state index in [0.717, 1.165) is 11.4 Å². The molecule has 0 bridgehead atoms. The van der Waals surface area contributed by atoms with E-state index in [2.05, 4.69) is 138 Å². The van der Waals surface area contributed by atoms with Crippen LogP contribution in [0, 0.1) is 0 Å². The highest BCUT2D eigenvalue weighted by Crippen LogP contribution is 2.53. The van der Waals surface area contributed by atoms with Crippen LogP contribution in [0.3, 0.4) is 0 Å². The monoisotopic (exact) mass is 409 g/mol. The molecule has 0 aliphatic heterocycles. The third-order valence-electron chi connectivity index (χ3n) is 6.34. The first-order valence-electron chi connectivity index (χ1n) is 11.1. The topological polar surface area (TPSA) is 3.24 Å². The number of anilines is 3. The van der Waals surface area contributed by atoms with Crippen molar-refractivity contribution in [1.29, 1.82) is 0 Å². The van der Waals surface area contributed by atoms with Crippen LogP contribution >= 0.6 is 0 Å². The van der Waals surface area contributed by atoms with Gasteiger partial charge in [0.2, 0.25) is 0 Å². The average Bonchev–Trinajstić information content (AvgIpc) is 3.21. The van der Waals surface area contributed by atoms with Gasteiger partial charge in [-0.3, -0.25) is 0 Å². The maximum absolute atomic E-state index is 2.39. The van der Waals surface area contributed by atoms with Crippen molar-refractivity contribution in [3.05, 3.63) is 150 Å². The van der Waals surface area contributed by atoms with Crippen molar-refractivity contribution < 1.29 is 0 Å². The van der Waals surface area contributed by atoms with Gasteiger partial charge in [0.15, 0.2) is 0 Å². The quantitative estimate of drug-likeness (QED) is 0.283. The third-order valence-corrected chi connectivity index (χ3v) is 6.34. The van der Waals surface area contributed by atoms with Crippen molar-refractivity contribution in [1.82, 2.24) is 0 Å². The molecule has 1 heteroatoms. The first kappa shape index (κ1) is 18.7. The number of benzene rings is 5. The second-order valence-corrected chi connectivity index (χ2v) is 8.18. The normalized spacial score (nSPS) is 13.9. The summed E-state index contributed by atoms with van der Waals surface area (Å²) in [6, 6.07) is 47.8. The van der Waals surface area contributed by atoms with Gasteiger partial charge in [-0.25, -0.2) is 0 Å². The molecule has 0 heterocycles. The van der Waals surface area contributed by atoms with E-state index in [1.165, 1.54) is 33.5 Å². The van der Waals surface area contributed by atoms with Crippen molar-refractivity contribution in [2.45, 2.75) is 5.92 Å². The van der Waals surface area contributed by atoms with Gasteiger partial charge in [-0.2, -0.15) is 0 Å². The molecule has 0 aromatic heterocycles. The van der Waals surface area contributed by atoms with E-state index in [9.17, 15) is 0 Å². The van der Waals surface area contributed by atoms with Crippen LogP contribution in [-0.2, 0) is 0 Å². The fourth-order valence-electron chi connectivity index (χ4n) is 5.01. The van der Waals surface area contributed by atoms with E-state index in [1.54, 1.807) is 0 Å². The molecule has 152 valence electrons. The Balaban J connectivity index is 1.65. The first-order valence-corrected chi connectivity index (χ1v) is 11.1. The number of hydrogen-bond acceptors (Lipinski definition) is 1. The van der Waals surface area contributed by atoms with Gasteiger partial charge in [0.25, 0.3) is 0 Å². The Bertz CT molecular complexity index is 1320. The minimum absolute atomic E-state index is 0.202. The molecular formula is C31H23N. The van der Waals surface area contributed by atoms with E-state index in [0.29, 0.717) is 0 Å². The number of fused-ring (bicyclic) bond motifs is 3. The van der Waals surface area contributed by atoms with E-state index >= 15 is 0 Å². The van der Waals surface area contributed by atoms with Crippen LogP contribution in [0.4, 0.5) is 17.1 Å². The third kappa shape index (κ3) is 3.02. The summed E-state index contributed by atoms with van der Waals surface area (Å²) in [5.41, 5.74) is 10.3. The van der Waals surface area contributed by atoms with Crippen molar-refractivity contribution in [2.24, 2.45) is 0 Å². The summed E-state index contributed by atoms with van der Waals surface area (Å²) >= 11 is 0. The fourth-order valence-corrected chi connectivity index (χ4v) is 5.01. The van der Waals surface area contributed by atoms with Gasteiger partial charge < -0.3 is 4.90 Å². The zero-order chi connectivity index (χ0) is 21.3. The van der Waals surface area contributed by atoms with Crippen LogP contribution in [0.5, 0.6) is 0 Å². The molecule has 0 spiro atoms. The smallest absolute Gasteiger partial charge is 0.0509 e. The van der Waals surface area contributed by atoms with Crippen molar-refractivity contribution in [3.8, 4) is 11.1 Å². The Labute approximate surface area is 189 Å². The highest BCUT2D eigenvalue weighted by molar-refractivity contribution is 5.90. The lowest BCUT2D eigenvalue weighted by atomic mass is 9.88. The summed E-state index contributed by atoms with van der Waals surface area (Å²) in [5.74, 6) is 0.202. The molecule has 1 unspecified atom stereocenters. The first-order chi connectivity index (χ1) is 15.9. The summed E-state index contributed by atoms with van der Waals surface area (Å²) < 4.78 is 0. The van der Waals surface area contributed by atoms with Gasteiger partial charge >= 0.3 is 0 Å². The van der Waals surface area contributed by atoms with Crippen LogP contribution in [0.15, 0.2) is 133 Å². The maximum Gasteiger partial charge on any atom is 0.0509 e. The molecule has 1 aliphatic carbocycles. The second-order valence-electron chi connectivity index (χ2n) is 8.18. The number of hydrogen-bond donors (Lipinski definition) is 0. The summed E-state index contributed by atoms with van der Waals surface area (Å²) in [6.07, 6.45) is 0. The van der Waals surface area contributed by atoms with E-state index < -0.39 is 0 Å². The SMILES string of the molecule is c1ccc(C2c3ccccc3-c3cccc(N(c4ccccc4)c4ccccc4)c32)cc1. The molecule has 0 saturated carbocycles. The van der Waals surface area contributed by atoms with E-state index in [1.807, 2.05) is 0 Å². The standard InChI is InChI=1S/C31H23N/c1-4-13-23(14-5-1)30-27-20-11-10-19-26(27)28-21-12-22-29(31(28)30)32(24-15-6-2-7-16-24)25-17-8-3-9-18-25/h1-22,30H. The molecule has 6 rings (SSSR count). The fraction of sp³-hybridized carbons (Fsp3) is 0.0323. The molecule has 1 aliphatic rings. The Kier molecular flexibility index (Phi) is 4.58. The number of nitrogens with zero attached hydrogens (tertiary/aromatic N) is 1. The molecule has 0 N–H and O–H groups in total. The lowest BCUT2D eigenvalue weighted by Crippen LogP contribution is -2.13. The van der Waals surface area contributed by atoms with Gasteiger partial charge in [0, 0.05) is 17.3 Å². The minimum atomic E-state index is 0.202. The summed E-state index contributed by atoms with van der Waals surface area (Å²) in [5, 5.41) is 0. The van der Waals surface area contributed by atoms with Crippen molar-refractivity contribution >= 4 is 17.1 Å². The molecule has 0 radical (unpaired) electrons. The van der Waals surface area contributed by atoms with Crippen LogP contribution in [-0.4, -0.2) is 0 Å². The van der Waals surface area contributed by atoms with E-state index in [4.69, 9.17) is 0 Å². The Morgan fingerprint density at radius 1 is 0.438 bits per heavy atom. The molecule has 5 aromatic carbocycles. The maximum atomic E-state index is 2.39. The summed E-state index contributed by atoms with van der Waals surface area (Å²) in [6.45, 7) is 0. The zero-order valence-electron chi connectivity index (χ0n) is 17.7. The van der Waals surface area contributed by atoms with Gasteiger partial charge in [-0.1, -0.05) is 103 Å². The number of para-hydroxylation sites is 2.